The molecule has 0 N–H and O–H groups in total. The Bertz CT molecular complexity index is 589. The highest BCUT2D eigenvalue weighted by Gasteiger charge is 2.11. The third kappa shape index (κ3) is 2.75. The molecule has 0 bridgehead atoms. The van der Waals surface area contributed by atoms with Gasteiger partial charge in [-0.3, -0.25) is 0 Å². The lowest BCUT2D eigenvalue weighted by atomic mass is 10.1. The first-order valence-electron chi connectivity index (χ1n) is 5.95. The van der Waals surface area contributed by atoms with Gasteiger partial charge in [0.2, 0.25) is 5.75 Å². The van der Waals surface area contributed by atoms with Crippen LogP contribution >= 0.6 is 15.9 Å². The predicted octanol–water partition coefficient (Wildman–Crippen LogP) is 3.66. The average molecular weight is 311 g/mol. The fourth-order valence-corrected chi connectivity index (χ4v) is 2.22. The lowest BCUT2D eigenvalue weighted by molar-refractivity contribution is 0.293. The molecule has 0 spiro atoms. The number of unbranched alkanes of at least 4 members (excludes halogenated alkanes) is 1. The number of hydrogen-bond donors (Lipinski definition) is 0. The molecule has 1 aromatic carbocycles. The summed E-state index contributed by atoms with van der Waals surface area (Å²) in [6.07, 6.45) is 1.94. The van der Waals surface area contributed by atoms with Gasteiger partial charge in [0.05, 0.1) is 6.61 Å². The Labute approximate surface area is 114 Å². The molecule has 96 valence electrons. The monoisotopic (exact) mass is 310 g/mol. The number of para-hydroxylation sites is 1. The van der Waals surface area contributed by atoms with Crippen LogP contribution in [0.15, 0.2) is 33.5 Å². The minimum absolute atomic E-state index is 0.336. The first-order chi connectivity index (χ1) is 8.74. The molecule has 0 saturated heterocycles. The van der Waals surface area contributed by atoms with E-state index in [1.54, 1.807) is 6.07 Å². The van der Waals surface area contributed by atoms with E-state index in [9.17, 15) is 4.79 Å². The molecule has 0 fully saturated rings. The molecule has 2 aromatic rings. The molecule has 1 aromatic heterocycles. The topological polar surface area (TPSA) is 39.4 Å². The van der Waals surface area contributed by atoms with Crippen LogP contribution < -0.4 is 10.4 Å². The van der Waals surface area contributed by atoms with Crippen molar-refractivity contribution in [1.82, 2.24) is 0 Å². The smallest absolute Gasteiger partial charge is 0.379 e. The molecule has 0 aliphatic heterocycles. The third-order valence-corrected chi connectivity index (χ3v) is 3.35. The number of rotatable bonds is 5. The van der Waals surface area contributed by atoms with Crippen LogP contribution in [0.1, 0.15) is 18.4 Å². The molecule has 0 saturated carbocycles. The lowest BCUT2D eigenvalue weighted by Gasteiger charge is -2.09. The molecule has 0 atom stereocenters. The summed E-state index contributed by atoms with van der Waals surface area (Å²) >= 11 is 3.36. The normalized spacial score (nSPS) is 10.8. The largest absolute Gasteiger partial charge is 0.486 e. The Hall–Kier alpha value is -1.29. The zero-order chi connectivity index (χ0) is 13.0. The van der Waals surface area contributed by atoms with E-state index in [-0.39, 0.29) is 0 Å². The predicted molar refractivity (Wildman–Crippen MR) is 75.7 cm³/mol. The fourth-order valence-electron chi connectivity index (χ4n) is 1.83. The van der Waals surface area contributed by atoms with Gasteiger partial charge in [0, 0.05) is 16.3 Å². The molecule has 4 heteroatoms. The molecular weight excluding hydrogens is 296 g/mol. The van der Waals surface area contributed by atoms with Crippen LogP contribution in [0.4, 0.5) is 0 Å². The van der Waals surface area contributed by atoms with E-state index in [0.29, 0.717) is 17.9 Å². The number of hydrogen-bond acceptors (Lipinski definition) is 3. The zero-order valence-electron chi connectivity index (χ0n) is 10.2. The molecule has 0 aliphatic carbocycles. The second-order valence-electron chi connectivity index (χ2n) is 4.08. The zero-order valence-corrected chi connectivity index (χ0v) is 11.8. The Morgan fingerprint density at radius 3 is 2.83 bits per heavy atom. The third-order valence-electron chi connectivity index (χ3n) is 2.79. The van der Waals surface area contributed by atoms with Gasteiger partial charge in [0.15, 0.2) is 0 Å². The van der Waals surface area contributed by atoms with Gasteiger partial charge >= 0.3 is 5.63 Å². The highest BCUT2D eigenvalue weighted by molar-refractivity contribution is 9.09. The number of fused-ring (bicyclic) bond motifs is 1. The van der Waals surface area contributed by atoms with Crippen LogP contribution in [-0.2, 0) is 0 Å². The maximum absolute atomic E-state index is 11.8. The number of aryl methyl sites for hydroxylation is 1. The molecular formula is C14H15BrO3. The van der Waals surface area contributed by atoms with Crippen LogP contribution in [-0.4, -0.2) is 11.9 Å². The summed E-state index contributed by atoms with van der Waals surface area (Å²) in [6.45, 7) is 2.43. The molecule has 18 heavy (non-hydrogen) atoms. The van der Waals surface area contributed by atoms with Crippen molar-refractivity contribution in [2.75, 3.05) is 11.9 Å². The molecule has 1 heterocycles. The summed E-state index contributed by atoms with van der Waals surface area (Å²) in [7, 11) is 0. The van der Waals surface area contributed by atoms with Crippen LogP contribution in [0.3, 0.4) is 0 Å². The summed E-state index contributed by atoms with van der Waals surface area (Å²) in [4.78, 5) is 11.8. The molecule has 3 nitrogen and oxygen atoms in total. The Kier molecular flexibility index (Phi) is 4.42. The maximum atomic E-state index is 11.8. The molecule has 0 radical (unpaired) electrons. The van der Waals surface area contributed by atoms with Gasteiger partial charge in [-0.25, -0.2) is 4.79 Å². The van der Waals surface area contributed by atoms with Crippen molar-refractivity contribution >= 4 is 26.9 Å². The van der Waals surface area contributed by atoms with Crippen molar-refractivity contribution in [1.29, 1.82) is 0 Å². The first kappa shape index (κ1) is 13.1. The molecule has 0 aliphatic rings. The van der Waals surface area contributed by atoms with E-state index in [1.807, 2.05) is 25.1 Å². The molecule has 2 rings (SSSR count). The van der Waals surface area contributed by atoms with E-state index in [1.165, 1.54) is 0 Å². The van der Waals surface area contributed by atoms with E-state index in [4.69, 9.17) is 9.15 Å². The van der Waals surface area contributed by atoms with Gasteiger partial charge in [-0.2, -0.15) is 0 Å². The number of halogens is 1. The van der Waals surface area contributed by atoms with Crippen LogP contribution in [0.25, 0.3) is 11.0 Å². The highest BCUT2D eigenvalue weighted by Crippen LogP contribution is 2.23. The summed E-state index contributed by atoms with van der Waals surface area (Å²) in [5, 5.41) is 1.87. The summed E-state index contributed by atoms with van der Waals surface area (Å²) in [6, 6.07) is 7.49. The number of ether oxygens (including phenoxy) is 1. The maximum Gasteiger partial charge on any atom is 0.379 e. The first-order valence-corrected chi connectivity index (χ1v) is 7.07. The Balaban J connectivity index is 2.30. The van der Waals surface area contributed by atoms with E-state index in [2.05, 4.69) is 15.9 Å². The number of alkyl halides is 1. The SMILES string of the molecule is Cc1c(OCCCCBr)c(=O)oc2ccccc12. The van der Waals surface area contributed by atoms with Gasteiger partial charge in [-0.1, -0.05) is 34.1 Å². The quantitative estimate of drug-likeness (QED) is 0.481. The van der Waals surface area contributed by atoms with Crippen molar-refractivity contribution in [3.63, 3.8) is 0 Å². The van der Waals surface area contributed by atoms with Crippen molar-refractivity contribution in [3.05, 3.63) is 40.2 Å². The van der Waals surface area contributed by atoms with E-state index >= 15 is 0 Å². The summed E-state index contributed by atoms with van der Waals surface area (Å²) in [5.41, 5.74) is 1.05. The summed E-state index contributed by atoms with van der Waals surface area (Å²) < 4.78 is 10.8. The molecule has 0 amide bonds. The Morgan fingerprint density at radius 1 is 1.28 bits per heavy atom. The lowest BCUT2D eigenvalue weighted by Crippen LogP contribution is -2.10. The summed E-state index contributed by atoms with van der Waals surface area (Å²) in [5.74, 6) is 0.336. The van der Waals surface area contributed by atoms with E-state index in [0.717, 1.165) is 29.1 Å². The van der Waals surface area contributed by atoms with Crippen molar-refractivity contribution in [2.45, 2.75) is 19.8 Å². The van der Waals surface area contributed by atoms with Gasteiger partial charge in [0.25, 0.3) is 0 Å². The van der Waals surface area contributed by atoms with E-state index < -0.39 is 5.63 Å². The minimum Gasteiger partial charge on any atom is -0.486 e. The van der Waals surface area contributed by atoms with Gasteiger partial charge in [-0.05, 0) is 25.8 Å². The minimum atomic E-state index is -0.398. The van der Waals surface area contributed by atoms with Gasteiger partial charge in [0.1, 0.15) is 5.58 Å². The second kappa shape index (κ2) is 6.05. The van der Waals surface area contributed by atoms with Gasteiger partial charge < -0.3 is 9.15 Å². The average Bonchev–Trinajstić information content (AvgIpc) is 2.38. The van der Waals surface area contributed by atoms with Crippen molar-refractivity contribution in [2.24, 2.45) is 0 Å². The van der Waals surface area contributed by atoms with Crippen LogP contribution in [0, 0.1) is 6.92 Å². The van der Waals surface area contributed by atoms with Gasteiger partial charge in [-0.15, -0.1) is 0 Å². The molecule has 0 unspecified atom stereocenters. The Morgan fingerprint density at radius 2 is 2.06 bits per heavy atom. The standard InChI is InChI=1S/C14H15BrO3/c1-10-11-6-2-3-7-12(11)18-14(16)13(10)17-9-5-4-8-15/h2-3,6-7H,4-5,8-9H2,1H3. The van der Waals surface area contributed by atoms with Crippen molar-refractivity contribution in [3.8, 4) is 5.75 Å². The van der Waals surface area contributed by atoms with Crippen molar-refractivity contribution < 1.29 is 9.15 Å². The highest BCUT2D eigenvalue weighted by atomic mass is 79.9. The number of benzene rings is 1. The second-order valence-corrected chi connectivity index (χ2v) is 4.88. The van der Waals surface area contributed by atoms with Crippen LogP contribution in [0.2, 0.25) is 0 Å². The van der Waals surface area contributed by atoms with Crippen LogP contribution in [0.5, 0.6) is 5.75 Å². The fraction of sp³-hybridized carbons (Fsp3) is 0.357.